The number of hydrogen-bond donors (Lipinski definition) is 0. The Bertz CT molecular complexity index is 292. The highest BCUT2D eigenvalue weighted by Gasteiger charge is 2.35. The number of anilines is 1. The van der Waals surface area contributed by atoms with Crippen molar-refractivity contribution in [2.45, 2.75) is 45.8 Å². The highest BCUT2D eigenvalue weighted by atomic mass is 28.3. The van der Waals surface area contributed by atoms with E-state index in [1.807, 2.05) is 0 Å². The normalized spacial score (nSPS) is 11.5. The van der Waals surface area contributed by atoms with Gasteiger partial charge in [0.2, 0.25) is 5.95 Å². The molecule has 0 atom stereocenters. The van der Waals surface area contributed by atoms with Gasteiger partial charge in [0, 0.05) is 6.54 Å². The van der Waals surface area contributed by atoms with Crippen LogP contribution in [0.1, 0.15) is 27.7 Å². The molecule has 0 spiro atoms. The maximum atomic E-state index is 4.35. The third-order valence-corrected chi connectivity index (χ3v) is 9.19. The Morgan fingerprint density at radius 2 is 1.69 bits per heavy atom. The molecule has 90 valence electrons. The van der Waals surface area contributed by atoms with Crippen molar-refractivity contribution in [3.63, 3.8) is 0 Å². The van der Waals surface area contributed by atoms with Gasteiger partial charge in [-0.05, 0) is 25.1 Å². The summed E-state index contributed by atoms with van der Waals surface area (Å²) >= 11 is 0. The second-order valence-electron chi connectivity index (χ2n) is 3.97. The van der Waals surface area contributed by atoms with Crippen LogP contribution in [0.3, 0.4) is 0 Å². The van der Waals surface area contributed by atoms with Gasteiger partial charge in [0.25, 0.3) is 0 Å². The minimum absolute atomic E-state index is 0.808. The van der Waals surface area contributed by atoms with E-state index in [4.69, 9.17) is 0 Å². The molecule has 1 rings (SSSR count). The number of hydrogen-bond acceptors (Lipinski definition) is 4. The molecule has 1 aromatic rings. The number of nitrogens with zero attached hydrogens (tertiary/aromatic N) is 4. The molecule has 1 heterocycles. The molecule has 0 bridgehead atoms. The maximum absolute atomic E-state index is 4.35. The lowest BCUT2D eigenvalue weighted by atomic mass is 10.7. The molecule has 0 N–H and O–H groups in total. The largest absolute Gasteiger partial charge is 0.366 e. The highest BCUT2D eigenvalue weighted by molar-refractivity contribution is 6.83. The molecule has 0 aliphatic heterocycles. The standard InChI is InChI=1S/C11H22N4Si/c1-5-15(11-12-9-10-13-14-11)16(6-2,7-3)8-4/h9-10H,5-8H2,1-4H3. The fraction of sp³-hybridized carbons (Fsp3) is 0.727. The van der Waals surface area contributed by atoms with Crippen molar-refractivity contribution in [2.75, 3.05) is 11.1 Å². The molecule has 0 saturated carbocycles. The van der Waals surface area contributed by atoms with Crippen LogP contribution in [0.25, 0.3) is 0 Å². The molecule has 5 heteroatoms. The molecule has 0 aromatic carbocycles. The lowest BCUT2D eigenvalue weighted by molar-refractivity contribution is 0.878. The summed E-state index contributed by atoms with van der Waals surface area (Å²) in [4.78, 5) is 4.35. The van der Waals surface area contributed by atoms with E-state index >= 15 is 0 Å². The molecular formula is C11H22N4Si. The van der Waals surface area contributed by atoms with Crippen molar-refractivity contribution in [3.05, 3.63) is 12.4 Å². The van der Waals surface area contributed by atoms with Crippen LogP contribution in [0.4, 0.5) is 5.95 Å². The van der Waals surface area contributed by atoms with Gasteiger partial charge in [0.15, 0.2) is 8.24 Å². The molecule has 0 unspecified atom stereocenters. The molecule has 0 saturated heterocycles. The molecule has 0 fully saturated rings. The van der Waals surface area contributed by atoms with Crippen molar-refractivity contribution >= 4 is 14.2 Å². The lowest BCUT2D eigenvalue weighted by Gasteiger charge is -2.39. The van der Waals surface area contributed by atoms with Crippen LogP contribution in [0, 0.1) is 0 Å². The van der Waals surface area contributed by atoms with E-state index in [-0.39, 0.29) is 0 Å². The maximum Gasteiger partial charge on any atom is 0.237 e. The van der Waals surface area contributed by atoms with E-state index < -0.39 is 8.24 Å². The summed E-state index contributed by atoms with van der Waals surface area (Å²) in [7, 11) is -1.42. The van der Waals surface area contributed by atoms with Gasteiger partial charge in [-0.25, -0.2) is 4.98 Å². The van der Waals surface area contributed by atoms with E-state index in [1.165, 1.54) is 18.1 Å². The van der Waals surface area contributed by atoms with Gasteiger partial charge in [0.05, 0.1) is 12.4 Å². The summed E-state index contributed by atoms with van der Waals surface area (Å²) in [6.45, 7) is 10.0. The summed E-state index contributed by atoms with van der Waals surface area (Å²) in [5.74, 6) is 0.808. The van der Waals surface area contributed by atoms with E-state index in [2.05, 4.69) is 47.4 Å². The summed E-state index contributed by atoms with van der Waals surface area (Å²) in [6, 6.07) is 3.73. The third-order valence-electron chi connectivity index (χ3n) is 3.58. The first-order valence-corrected chi connectivity index (χ1v) is 8.72. The van der Waals surface area contributed by atoms with Crippen molar-refractivity contribution in [2.24, 2.45) is 0 Å². The van der Waals surface area contributed by atoms with E-state index in [1.54, 1.807) is 12.4 Å². The molecule has 16 heavy (non-hydrogen) atoms. The zero-order chi connectivity index (χ0) is 12.0. The average Bonchev–Trinajstić information content (AvgIpc) is 2.37. The summed E-state index contributed by atoms with van der Waals surface area (Å²) in [5, 5.41) is 8.10. The monoisotopic (exact) mass is 238 g/mol. The molecule has 0 amide bonds. The third kappa shape index (κ3) is 2.40. The van der Waals surface area contributed by atoms with Crippen LogP contribution in [0.5, 0.6) is 0 Å². The molecule has 0 aliphatic carbocycles. The van der Waals surface area contributed by atoms with Gasteiger partial charge in [-0.2, -0.15) is 5.10 Å². The zero-order valence-corrected chi connectivity index (χ0v) is 11.8. The fourth-order valence-corrected chi connectivity index (χ4v) is 6.22. The van der Waals surface area contributed by atoms with Gasteiger partial charge < -0.3 is 4.57 Å². The fourth-order valence-electron chi connectivity index (χ4n) is 2.38. The second-order valence-corrected chi connectivity index (χ2v) is 9.08. The van der Waals surface area contributed by atoms with Crippen molar-refractivity contribution in [1.82, 2.24) is 15.2 Å². The first-order valence-electron chi connectivity index (χ1n) is 6.15. The van der Waals surface area contributed by atoms with Crippen LogP contribution in [-0.4, -0.2) is 30.0 Å². The number of rotatable bonds is 6. The van der Waals surface area contributed by atoms with Crippen molar-refractivity contribution in [1.29, 1.82) is 0 Å². The van der Waals surface area contributed by atoms with Gasteiger partial charge in [0.1, 0.15) is 0 Å². The van der Waals surface area contributed by atoms with Crippen LogP contribution >= 0.6 is 0 Å². The molecule has 0 radical (unpaired) electrons. The van der Waals surface area contributed by atoms with E-state index in [0.29, 0.717) is 0 Å². The Hall–Kier alpha value is -0.973. The SMILES string of the molecule is CCN(c1nccnn1)[Si](CC)(CC)CC. The topological polar surface area (TPSA) is 41.9 Å². The van der Waals surface area contributed by atoms with E-state index in [0.717, 1.165) is 12.5 Å². The van der Waals surface area contributed by atoms with Gasteiger partial charge in [-0.3, -0.25) is 0 Å². The van der Waals surface area contributed by atoms with Crippen LogP contribution < -0.4 is 4.57 Å². The Morgan fingerprint density at radius 1 is 1.06 bits per heavy atom. The average molecular weight is 238 g/mol. The predicted octanol–water partition coefficient (Wildman–Crippen LogP) is 2.70. The van der Waals surface area contributed by atoms with Gasteiger partial charge >= 0.3 is 0 Å². The Labute approximate surface area is 99.2 Å². The molecule has 1 aromatic heterocycles. The Balaban J connectivity index is 3.05. The van der Waals surface area contributed by atoms with Crippen molar-refractivity contribution in [3.8, 4) is 0 Å². The van der Waals surface area contributed by atoms with Crippen molar-refractivity contribution < 1.29 is 0 Å². The Morgan fingerprint density at radius 3 is 2.06 bits per heavy atom. The molecular weight excluding hydrogens is 216 g/mol. The minimum atomic E-state index is -1.42. The van der Waals surface area contributed by atoms with Crippen LogP contribution in [0.15, 0.2) is 12.4 Å². The predicted molar refractivity (Wildman–Crippen MR) is 70.0 cm³/mol. The number of aromatic nitrogens is 3. The lowest BCUT2D eigenvalue weighted by Crippen LogP contribution is -2.53. The smallest absolute Gasteiger partial charge is 0.237 e. The first kappa shape index (κ1) is 13.1. The molecule has 4 nitrogen and oxygen atoms in total. The summed E-state index contributed by atoms with van der Waals surface area (Å²) < 4.78 is 2.42. The van der Waals surface area contributed by atoms with Crippen LogP contribution in [0.2, 0.25) is 18.1 Å². The zero-order valence-electron chi connectivity index (χ0n) is 10.8. The summed E-state index contributed by atoms with van der Waals surface area (Å²) in [6.07, 6.45) is 3.36. The highest BCUT2D eigenvalue weighted by Crippen LogP contribution is 2.27. The van der Waals surface area contributed by atoms with Crippen LogP contribution in [-0.2, 0) is 0 Å². The first-order chi connectivity index (χ1) is 7.74. The second kappa shape index (κ2) is 5.93. The molecule has 0 aliphatic rings. The van der Waals surface area contributed by atoms with Gasteiger partial charge in [-0.15, -0.1) is 5.10 Å². The Kier molecular flexibility index (Phi) is 4.86. The van der Waals surface area contributed by atoms with Gasteiger partial charge in [-0.1, -0.05) is 20.8 Å². The van der Waals surface area contributed by atoms with E-state index in [9.17, 15) is 0 Å². The summed E-state index contributed by atoms with van der Waals surface area (Å²) in [5.41, 5.74) is 0. The minimum Gasteiger partial charge on any atom is -0.366 e. The quantitative estimate of drug-likeness (QED) is 0.715.